The fraction of sp³-hybridized carbons (Fsp3) is 0.567. The third-order valence-corrected chi connectivity index (χ3v) is 10.1. The number of phenolic OH excluding ortho intramolecular Hbond substituents is 1. The number of anilines is 1. The zero-order chi connectivity index (χ0) is 28.0. The van der Waals surface area contributed by atoms with E-state index in [0.29, 0.717) is 30.9 Å². The Hall–Kier alpha value is -2.78. The summed E-state index contributed by atoms with van der Waals surface area (Å²) in [7, 11) is -0.716. The maximum atomic E-state index is 13.8. The van der Waals surface area contributed by atoms with Gasteiger partial charge in [0.2, 0.25) is 5.91 Å². The summed E-state index contributed by atoms with van der Waals surface area (Å²) >= 11 is 0. The Morgan fingerprint density at radius 1 is 1.08 bits per heavy atom. The zero-order valence-corrected chi connectivity index (χ0v) is 24.1. The largest absolute Gasteiger partial charge is 0.506 e. The third kappa shape index (κ3) is 6.52. The van der Waals surface area contributed by atoms with Gasteiger partial charge < -0.3 is 19.9 Å². The van der Waals surface area contributed by atoms with Crippen LogP contribution in [0.2, 0.25) is 0 Å². The van der Waals surface area contributed by atoms with Crippen LogP contribution in [0.3, 0.4) is 0 Å². The van der Waals surface area contributed by atoms with Gasteiger partial charge in [-0.15, -0.1) is 0 Å². The monoisotopic (exact) mass is 558 g/mol. The minimum Gasteiger partial charge on any atom is -0.506 e. The molecule has 0 heterocycles. The van der Waals surface area contributed by atoms with Crippen LogP contribution < -0.4 is 14.4 Å². The molecule has 0 aliphatic heterocycles. The van der Waals surface area contributed by atoms with Crippen LogP contribution in [-0.2, 0) is 26.0 Å². The smallest absolute Gasteiger partial charge is 0.264 e. The Morgan fingerprint density at radius 2 is 1.74 bits per heavy atom. The minimum atomic E-state index is -3.90. The van der Waals surface area contributed by atoms with Gasteiger partial charge in [0, 0.05) is 19.2 Å². The van der Waals surface area contributed by atoms with Crippen LogP contribution >= 0.6 is 0 Å². The van der Waals surface area contributed by atoms with Crippen LogP contribution in [-0.4, -0.2) is 52.3 Å². The standard InChI is InChI=1S/C30H42N2O6S/c1-22(31-29(34)30(21-37-2)18-6-7-19-30)10-11-23-12-17-27(28(33)20-23)32(24-8-4-5-9-24)39(35,36)26-15-13-25(38-3)14-16-26/h12-17,20,22,24,33H,4-11,18-19,21H2,1-3H3,(H,31,34)/t22-/m1/s1. The van der Waals surface area contributed by atoms with Gasteiger partial charge in [-0.3, -0.25) is 9.10 Å². The molecule has 2 aromatic rings. The number of nitrogens with one attached hydrogen (secondary N) is 1. The lowest BCUT2D eigenvalue weighted by Gasteiger charge is -2.31. The highest BCUT2D eigenvalue weighted by Gasteiger charge is 2.41. The normalized spacial score (nSPS) is 18.1. The Kier molecular flexibility index (Phi) is 9.43. The molecule has 2 fully saturated rings. The first-order valence-electron chi connectivity index (χ1n) is 14.0. The first kappa shape index (κ1) is 29.2. The summed E-state index contributed by atoms with van der Waals surface area (Å²) < 4.78 is 39.5. The molecule has 0 bridgehead atoms. The molecule has 2 aliphatic rings. The molecule has 214 valence electrons. The number of sulfonamides is 1. The number of ether oxygens (including phenoxy) is 2. The molecule has 39 heavy (non-hydrogen) atoms. The van der Waals surface area contributed by atoms with Crippen LogP contribution in [0.25, 0.3) is 0 Å². The Labute approximate surface area is 232 Å². The first-order chi connectivity index (χ1) is 18.7. The van der Waals surface area contributed by atoms with E-state index in [9.17, 15) is 18.3 Å². The van der Waals surface area contributed by atoms with E-state index in [1.54, 1.807) is 43.5 Å². The predicted octanol–water partition coefficient (Wildman–Crippen LogP) is 5.18. The Balaban J connectivity index is 1.48. The molecule has 8 nitrogen and oxygen atoms in total. The number of benzene rings is 2. The molecule has 2 saturated carbocycles. The Bertz CT molecular complexity index is 1220. The molecule has 4 rings (SSSR count). The molecule has 2 aliphatic carbocycles. The van der Waals surface area contributed by atoms with Crippen molar-refractivity contribution in [1.82, 2.24) is 5.32 Å². The molecule has 0 spiro atoms. The number of aromatic hydroxyl groups is 1. The minimum absolute atomic E-state index is 0.0425. The van der Waals surface area contributed by atoms with Crippen LogP contribution in [0.4, 0.5) is 5.69 Å². The lowest BCUT2D eigenvalue weighted by molar-refractivity contribution is -0.134. The van der Waals surface area contributed by atoms with E-state index < -0.39 is 15.4 Å². The van der Waals surface area contributed by atoms with Crippen molar-refractivity contribution in [2.45, 2.75) is 88.1 Å². The van der Waals surface area contributed by atoms with Gasteiger partial charge in [-0.05, 0) is 87.4 Å². The number of amides is 1. The molecule has 0 unspecified atom stereocenters. The van der Waals surface area contributed by atoms with E-state index >= 15 is 0 Å². The van der Waals surface area contributed by atoms with Crippen molar-refractivity contribution in [2.75, 3.05) is 25.1 Å². The number of hydrogen-bond acceptors (Lipinski definition) is 6. The van der Waals surface area contributed by atoms with Gasteiger partial charge in [-0.25, -0.2) is 8.42 Å². The van der Waals surface area contributed by atoms with Crippen molar-refractivity contribution >= 4 is 21.6 Å². The summed E-state index contributed by atoms with van der Waals surface area (Å²) in [5.41, 5.74) is 0.755. The second-order valence-electron chi connectivity index (χ2n) is 11.1. The number of phenols is 1. The number of carbonyl (C=O) groups is 1. The molecule has 1 atom stereocenters. The van der Waals surface area contributed by atoms with Crippen molar-refractivity contribution in [3.63, 3.8) is 0 Å². The van der Waals surface area contributed by atoms with E-state index in [0.717, 1.165) is 56.9 Å². The fourth-order valence-corrected chi connectivity index (χ4v) is 7.75. The van der Waals surface area contributed by atoms with Crippen molar-refractivity contribution in [1.29, 1.82) is 0 Å². The average Bonchev–Trinajstić information content (AvgIpc) is 3.62. The number of rotatable bonds is 12. The molecular weight excluding hydrogens is 516 g/mol. The van der Waals surface area contributed by atoms with Crippen molar-refractivity contribution in [3.8, 4) is 11.5 Å². The van der Waals surface area contributed by atoms with Gasteiger partial charge >= 0.3 is 0 Å². The molecule has 9 heteroatoms. The zero-order valence-electron chi connectivity index (χ0n) is 23.3. The number of hydrogen-bond donors (Lipinski definition) is 2. The lowest BCUT2D eigenvalue weighted by atomic mass is 9.85. The first-order valence-corrected chi connectivity index (χ1v) is 15.4. The van der Waals surface area contributed by atoms with Crippen LogP contribution in [0.5, 0.6) is 11.5 Å². The highest BCUT2D eigenvalue weighted by Crippen LogP contribution is 2.40. The summed E-state index contributed by atoms with van der Waals surface area (Å²) in [6.07, 6.45) is 8.53. The predicted molar refractivity (Wildman–Crippen MR) is 152 cm³/mol. The summed E-state index contributed by atoms with van der Waals surface area (Å²) in [4.78, 5) is 13.2. The molecule has 0 radical (unpaired) electrons. The number of methoxy groups -OCH3 is 2. The number of aryl methyl sites for hydroxylation is 1. The SMILES string of the molecule is COCC1(C(=O)N[C@H](C)CCc2ccc(N(C3CCCC3)S(=O)(=O)c3ccc(OC)cc3)c(O)c2)CCCC1. The van der Waals surface area contributed by atoms with Gasteiger partial charge in [-0.2, -0.15) is 0 Å². The highest BCUT2D eigenvalue weighted by molar-refractivity contribution is 7.92. The quantitative estimate of drug-likeness (QED) is 0.372. The van der Waals surface area contributed by atoms with Crippen LogP contribution in [0.15, 0.2) is 47.4 Å². The van der Waals surface area contributed by atoms with E-state index in [1.165, 1.54) is 11.4 Å². The molecule has 1 amide bonds. The fourth-order valence-electron chi connectivity index (χ4n) is 6.03. The summed E-state index contributed by atoms with van der Waals surface area (Å²) in [5, 5.41) is 14.2. The highest BCUT2D eigenvalue weighted by atomic mass is 32.2. The summed E-state index contributed by atoms with van der Waals surface area (Å²) in [6, 6.07) is 11.3. The summed E-state index contributed by atoms with van der Waals surface area (Å²) in [6.45, 7) is 2.43. The average molecular weight is 559 g/mol. The number of nitrogens with zero attached hydrogens (tertiary/aromatic N) is 1. The molecule has 0 saturated heterocycles. The van der Waals surface area contributed by atoms with Crippen LogP contribution in [0.1, 0.15) is 70.3 Å². The van der Waals surface area contributed by atoms with Crippen molar-refractivity contribution in [3.05, 3.63) is 48.0 Å². The third-order valence-electron chi connectivity index (χ3n) is 8.26. The van der Waals surface area contributed by atoms with Gasteiger partial charge in [-0.1, -0.05) is 31.7 Å². The maximum Gasteiger partial charge on any atom is 0.264 e. The van der Waals surface area contributed by atoms with Gasteiger partial charge in [0.05, 0.1) is 29.7 Å². The van der Waals surface area contributed by atoms with E-state index in [2.05, 4.69) is 5.32 Å². The van der Waals surface area contributed by atoms with E-state index in [4.69, 9.17) is 9.47 Å². The van der Waals surface area contributed by atoms with Crippen LogP contribution in [0, 0.1) is 5.41 Å². The topological polar surface area (TPSA) is 105 Å². The summed E-state index contributed by atoms with van der Waals surface area (Å²) in [5.74, 6) is 0.581. The maximum absolute atomic E-state index is 13.8. The molecule has 0 aromatic heterocycles. The number of carbonyl (C=O) groups excluding carboxylic acids is 1. The van der Waals surface area contributed by atoms with Gasteiger partial charge in [0.15, 0.2) is 0 Å². The van der Waals surface area contributed by atoms with Gasteiger partial charge in [0.25, 0.3) is 10.0 Å². The van der Waals surface area contributed by atoms with Gasteiger partial charge in [0.1, 0.15) is 11.5 Å². The van der Waals surface area contributed by atoms with E-state index in [-0.39, 0.29) is 28.6 Å². The molecular formula is C30H42N2O6S. The second-order valence-corrected chi connectivity index (χ2v) is 12.9. The van der Waals surface area contributed by atoms with Crippen molar-refractivity contribution in [2.24, 2.45) is 5.41 Å². The lowest BCUT2D eigenvalue weighted by Crippen LogP contribution is -2.45. The van der Waals surface area contributed by atoms with E-state index in [1.807, 2.05) is 13.0 Å². The Morgan fingerprint density at radius 3 is 2.33 bits per heavy atom. The molecule has 2 aromatic carbocycles. The second kappa shape index (κ2) is 12.6. The molecule has 2 N–H and O–H groups in total. The van der Waals surface area contributed by atoms with Crippen molar-refractivity contribution < 1.29 is 27.8 Å².